The molecule has 0 radical (unpaired) electrons. The van der Waals surface area contributed by atoms with Crippen LogP contribution in [0.15, 0.2) is 0 Å². The molecule has 0 saturated carbocycles. The van der Waals surface area contributed by atoms with E-state index in [2.05, 4.69) is 10.6 Å². The molecule has 0 aliphatic carbocycles. The Kier molecular flexibility index (Phi) is 6.47. The highest BCUT2D eigenvalue weighted by molar-refractivity contribution is 5.73. The topological polar surface area (TPSA) is 50.4 Å². The third-order valence-corrected chi connectivity index (χ3v) is 1.18. The first-order valence-electron chi connectivity index (χ1n) is 4.30. The van der Waals surface area contributed by atoms with Crippen molar-refractivity contribution in [3.8, 4) is 0 Å². The second-order valence-corrected chi connectivity index (χ2v) is 2.71. The molecule has 0 spiro atoms. The summed E-state index contributed by atoms with van der Waals surface area (Å²) in [5.41, 5.74) is 0. The van der Waals surface area contributed by atoms with Crippen LogP contribution in [0.1, 0.15) is 20.8 Å². The van der Waals surface area contributed by atoms with Gasteiger partial charge in [0, 0.05) is 13.1 Å². The minimum Gasteiger partial charge on any atom is -0.377 e. The lowest BCUT2D eigenvalue weighted by Gasteiger charge is -2.08. The Morgan fingerprint density at radius 2 is 2.08 bits per heavy atom. The van der Waals surface area contributed by atoms with Gasteiger partial charge in [-0.15, -0.1) is 0 Å². The lowest BCUT2D eigenvalue weighted by molar-refractivity contribution is 0.0818. The fourth-order valence-corrected chi connectivity index (χ4v) is 0.682. The van der Waals surface area contributed by atoms with E-state index in [1.807, 2.05) is 20.8 Å². The van der Waals surface area contributed by atoms with Gasteiger partial charge in [-0.05, 0) is 20.8 Å². The van der Waals surface area contributed by atoms with Crippen molar-refractivity contribution in [2.45, 2.75) is 26.9 Å². The summed E-state index contributed by atoms with van der Waals surface area (Å²) in [7, 11) is 0. The van der Waals surface area contributed by atoms with Crippen molar-refractivity contribution in [1.82, 2.24) is 10.6 Å². The number of carbonyl (C=O) groups excluding carboxylic acids is 1. The van der Waals surface area contributed by atoms with E-state index in [0.29, 0.717) is 19.7 Å². The van der Waals surface area contributed by atoms with E-state index in [-0.39, 0.29) is 12.1 Å². The minimum absolute atomic E-state index is 0.134. The van der Waals surface area contributed by atoms with Gasteiger partial charge in [-0.1, -0.05) is 0 Å². The van der Waals surface area contributed by atoms with Gasteiger partial charge in [0.05, 0.1) is 12.7 Å². The Labute approximate surface area is 73.7 Å². The van der Waals surface area contributed by atoms with E-state index in [4.69, 9.17) is 4.74 Å². The monoisotopic (exact) mass is 174 g/mol. The van der Waals surface area contributed by atoms with Gasteiger partial charge in [-0.25, -0.2) is 4.79 Å². The van der Waals surface area contributed by atoms with Crippen molar-refractivity contribution in [2.75, 3.05) is 19.7 Å². The highest BCUT2D eigenvalue weighted by atomic mass is 16.5. The third-order valence-electron chi connectivity index (χ3n) is 1.18. The summed E-state index contributed by atoms with van der Waals surface area (Å²) in [6.45, 7) is 7.58. The summed E-state index contributed by atoms with van der Waals surface area (Å²) in [5.74, 6) is 0. The van der Waals surface area contributed by atoms with Crippen LogP contribution in [0, 0.1) is 0 Å². The van der Waals surface area contributed by atoms with Crippen LogP contribution < -0.4 is 10.6 Å². The zero-order chi connectivity index (χ0) is 9.40. The van der Waals surface area contributed by atoms with Crippen LogP contribution in [-0.4, -0.2) is 31.8 Å². The molecule has 0 fully saturated rings. The van der Waals surface area contributed by atoms with Crippen molar-refractivity contribution >= 4 is 6.03 Å². The maximum atomic E-state index is 10.8. The molecule has 0 aromatic carbocycles. The lowest BCUT2D eigenvalue weighted by Crippen LogP contribution is -2.37. The molecule has 0 bridgehead atoms. The molecule has 0 rings (SSSR count). The first kappa shape index (κ1) is 11.2. The van der Waals surface area contributed by atoms with Crippen LogP contribution in [0.2, 0.25) is 0 Å². The Balaban J connectivity index is 3.14. The van der Waals surface area contributed by atoms with E-state index in [0.717, 1.165) is 0 Å². The van der Waals surface area contributed by atoms with Gasteiger partial charge >= 0.3 is 6.03 Å². The number of carbonyl (C=O) groups is 1. The average Bonchev–Trinajstić information content (AvgIpc) is 1.98. The Morgan fingerprint density at radius 3 is 2.58 bits per heavy atom. The number of nitrogens with one attached hydrogen (secondary N) is 2. The van der Waals surface area contributed by atoms with Gasteiger partial charge in [-0.2, -0.15) is 0 Å². The molecule has 4 nitrogen and oxygen atoms in total. The summed E-state index contributed by atoms with van der Waals surface area (Å²) >= 11 is 0. The maximum Gasteiger partial charge on any atom is 0.314 e. The van der Waals surface area contributed by atoms with Crippen LogP contribution in [-0.2, 0) is 4.74 Å². The summed E-state index contributed by atoms with van der Waals surface area (Å²) < 4.78 is 5.23. The fraction of sp³-hybridized carbons (Fsp3) is 0.875. The van der Waals surface area contributed by atoms with E-state index in [9.17, 15) is 4.79 Å². The second-order valence-electron chi connectivity index (χ2n) is 2.71. The van der Waals surface area contributed by atoms with Crippen LogP contribution in [0.5, 0.6) is 0 Å². The molecule has 0 aromatic rings. The quantitative estimate of drug-likeness (QED) is 0.604. The van der Waals surface area contributed by atoms with Crippen molar-refractivity contribution in [2.24, 2.45) is 0 Å². The van der Waals surface area contributed by atoms with Crippen LogP contribution in [0.25, 0.3) is 0 Å². The van der Waals surface area contributed by atoms with Crippen LogP contribution >= 0.6 is 0 Å². The number of rotatable bonds is 5. The Morgan fingerprint density at radius 1 is 1.42 bits per heavy atom. The van der Waals surface area contributed by atoms with E-state index < -0.39 is 0 Å². The molecule has 72 valence electrons. The molecule has 0 aromatic heterocycles. The highest BCUT2D eigenvalue weighted by Crippen LogP contribution is 1.84. The Hall–Kier alpha value is -0.770. The summed E-state index contributed by atoms with van der Waals surface area (Å²) in [6.07, 6.45) is 0.223. The number of amides is 2. The number of urea groups is 1. The Bertz CT molecular complexity index is 126. The minimum atomic E-state index is -0.134. The van der Waals surface area contributed by atoms with E-state index in [1.165, 1.54) is 0 Å². The first-order valence-corrected chi connectivity index (χ1v) is 4.30. The molecule has 2 N–H and O–H groups in total. The van der Waals surface area contributed by atoms with Crippen LogP contribution in [0.3, 0.4) is 0 Å². The molecular formula is C8H18N2O2. The predicted molar refractivity (Wildman–Crippen MR) is 48.2 cm³/mol. The number of ether oxygens (including phenoxy) is 1. The summed E-state index contributed by atoms with van der Waals surface area (Å²) in [4.78, 5) is 10.8. The molecule has 0 heterocycles. The van der Waals surface area contributed by atoms with Gasteiger partial charge in [-0.3, -0.25) is 0 Å². The molecule has 0 unspecified atom stereocenters. The van der Waals surface area contributed by atoms with Gasteiger partial charge in [0.2, 0.25) is 0 Å². The van der Waals surface area contributed by atoms with Gasteiger partial charge < -0.3 is 15.4 Å². The van der Waals surface area contributed by atoms with Crippen molar-refractivity contribution < 1.29 is 9.53 Å². The van der Waals surface area contributed by atoms with Gasteiger partial charge in [0.25, 0.3) is 0 Å². The van der Waals surface area contributed by atoms with Crippen LogP contribution in [0.4, 0.5) is 4.79 Å². The lowest BCUT2D eigenvalue weighted by atomic mass is 10.5. The van der Waals surface area contributed by atoms with Crippen molar-refractivity contribution in [3.63, 3.8) is 0 Å². The van der Waals surface area contributed by atoms with E-state index in [1.54, 1.807) is 0 Å². The predicted octanol–water partition coefficient (Wildman–Crippen LogP) is 0.730. The van der Waals surface area contributed by atoms with E-state index >= 15 is 0 Å². The summed E-state index contributed by atoms with van der Waals surface area (Å²) in [5, 5.41) is 5.29. The normalized spacial score (nSPS) is 10.0. The SMILES string of the molecule is CCNC(=O)NCCOC(C)C. The zero-order valence-corrected chi connectivity index (χ0v) is 8.02. The third kappa shape index (κ3) is 7.34. The maximum absolute atomic E-state index is 10.8. The summed E-state index contributed by atoms with van der Waals surface area (Å²) in [6, 6.07) is -0.134. The largest absolute Gasteiger partial charge is 0.377 e. The average molecular weight is 174 g/mol. The fourth-order valence-electron chi connectivity index (χ4n) is 0.682. The molecular weight excluding hydrogens is 156 g/mol. The van der Waals surface area contributed by atoms with Crippen molar-refractivity contribution in [1.29, 1.82) is 0 Å². The van der Waals surface area contributed by atoms with Gasteiger partial charge in [0.15, 0.2) is 0 Å². The molecule has 0 atom stereocenters. The molecule has 0 aliphatic heterocycles. The smallest absolute Gasteiger partial charge is 0.314 e. The molecule has 0 aliphatic rings. The van der Waals surface area contributed by atoms with Gasteiger partial charge in [0.1, 0.15) is 0 Å². The molecule has 2 amide bonds. The standard InChI is InChI=1S/C8H18N2O2/c1-4-9-8(11)10-5-6-12-7(2)3/h7H,4-6H2,1-3H3,(H2,9,10,11). The second kappa shape index (κ2) is 6.91. The number of hydrogen-bond donors (Lipinski definition) is 2. The zero-order valence-electron chi connectivity index (χ0n) is 8.02. The molecule has 12 heavy (non-hydrogen) atoms. The molecule has 0 saturated heterocycles. The molecule has 4 heteroatoms. The highest BCUT2D eigenvalue weighted by Gasteiger charge is 1.96. The first-order chi connectivity index (χ1) is 5.66. The van der Waals surface area contributed by atoms with Crippen molar-refractivity contribution in [3.05, 3.63) is 0 Å². The number of hydrogen-bond acceptors (Lipinski definition) is 2.